The maximum absolute atomic E-state index is 12.4. The predicted molar refractivity (Wildman–Crippen MR) is 106 cm³/mol. The second-order valence-electron chi connectivity index (χ2n) is 7.36. The maximum Gasteiger partial charge on any atom is 0.136 e. The van der Waals surface area contributed by atoms with Crippen molar-refractivity contribution >= 4 is 17.5 Å². The molecule has 2 atom stereocenters. The van der Waals surface area contributed by atoms with Crippen molar-refractivity contribution in [2.24, 2.45) is 0 Å². The molecule has 2 heterocycles. The number of thioether (sulfide) groups is 1. The third-order valence-electron chi connectivity index (χ3n) is 5.27. The summed E-state index contributed by atoms with van der Waals surface area (Å²) in [5, 5.41) is 0.283. The first kappa shape index (κ1) is 17.8. The number of ketones is 1. The molecule has 0 saturated carbocycles. The molecule has 4 rings (SSSR count). The molecule has 2 fully saturated rings. The van der Waals surface area contributed by atoms with Crippen LogP contribution in [-0.2, 0) is 22.7 Å². The highest BCUT2D eigenvalue weighted by Gasteiger charge is 2.46. The molecule has 0 spiro atoms. The lowest BCUT2D eigenvalue weighted by Crippen LogP contribution is -2.53. The highest BCUT2D eigenvalue weighted by molar-refractivity contribution is 8.01. The first-order valence-corrected chi connectivity index (χ1v) is 10.2. The van der Waals surface area contributed by atoms with Crippen molar-refractivity contribution in [3.63, 3.8) is 0 Å². The Kier molecular flexibility index (Phi) is 5.44. The molecule has 2 aromatic rings. The van der Waals surface area contributed by atoms with Crippen LogP contribution < -0.4 is 0 Å². The number of likely N-dealkylation sites (tertiary alicyclic amines) is 1. The van der Waals surface area contributed by atoms with Gasteiger partial charge in [0.1, 0.15) is 5.78 Å². The third kappa shape index (κ3) is 4.20. The van der Waals surface area contributed by atoms with Crippen LogP contribution in [0.4, 0.5) is 0 Å². The van der Waals surface area contributed by atoms with Gasteiger partial charge in [-0.1, -0.05) is 60.7 Å². The van der Waals surface area contributed by atoms with Crippen LogP contribution >= 0.6 is 11.8 Å². The number of hydrogen-bond acceptors (Lipinski definition) is 4. The zero-order chi connectivity index (χ0) is 17.8. The highest BCUT2D eigenvalue weighted by atomic mass is 32.2. The number of benzene rings is 2. The standard InChI is InChI=1S/C22H25NO2S/c24-20-13-21-23(15-18-7-3-1-4-8-18)12-11-22(14-20,26-21)17-25-16-19-9-5-2-6-10-19/h1-10,21H,11-17H2/t21-,22-/m1/s1. The maximum atomic E-state index is 12.4. The Morgan fingerprint density at radius 2 is 1.73 bits per heavy atom. The van der Waals surface area contributed by atoms with Gasteiger partial charge < -0.3 is 4.74 Å². The van der Waals surface area contributed by atoms with Crippen molar-refractivity contribution in [1.82, 2.24) is 4.90 Å². The van der Waals surface area contributed by atoms with Gasteiger partial charge in [-0.25, -0.2) is 0 Å². The van der Waals surface area contributed by atoms with Crippen LogP contribution in [0.15, 0.2) is 60.7 Å². The molecule has 2 aliphatic rings. The van der Waals surface area contributed by atoms with E-state index in [0.29, 0.717) is 31.8 Å². The van der Waals surface area contributed by atoms with Crippen LogP contribution in [0.1, 0.15) is 30.4 Å². The quantitative estimate of drug-likeness (QED) is 0.763. The molecule has 0 radical (unpaired) electrons. The van der Waals surface area contributed by atoms with Crippen LogP contribution in [0.3, 0.4) is 0 Å². The van der Waals surface area contributed by atoms with Crippen molar-refractivity contribution in [2.45, 2.75) is 42.5 Å². The minimum absolute atomic E-state index is 0.0397. The summed E-state index contributed by atoms with van der Waals surface area (Å²) in [7, 11) is 0. The van der Waals surface area contributed by atoms with E-state index in [1.54, 1.807) is 0 Å². The lowest BCUT2D eigenvalue weighted by molar-refractivity contribution is -0.122. The molecule has 3 nitrogen and oxygen atoms in total. The fraction of sp³-hybridized carbons (Fsp3) is 0.409. The van der Waals surface area contributed by atoms with Crippen molar-refractivity contribution < 1.29 is 9.53 Å². The third-order valence-corrected chi connectivity index (χ3v) is 6.98. The van der Waals surface area contributed by atoms with E-state index in [0.717, 1.165) is 19.5 Å². The fourth-order valence-electron chi connectivity index (χ4n) is 3.93. The summed E-state index contributed by atoms with van der Waals surface area (Å²) in [6.45, 7) is 3.24. The molecule has 2 aromatic carbocycles. The van der Waals surface area contributed by atoms with Gasteiger partial charge in [0.25, 0.3) is 0 Å². The van der Waals surface area contributed by atoms with Crippen LogP contribution in [0.5, 0.6) is 0 Å². The van der Waals surface area contributed by atoms with E-state index in [2.05, 4.69) is 41.3 Å². The Hall–Kier alpha value is -1.62. The molecule has 4 heteroatoms. The fourth-order valence-corrected chi connectivity index (χ4v) is 5.71. The van der Waals surface area contributed by atoms with E-state index in [-0.39, 0.29) is 10.1 Å². The second kappa shape index (κ2) is 7.95. The number of ether oxygens (including phenoxy) is 1. The monoisotopic (exact) mass is 367 g/mol. The van der Waals surface area contributed by atoms with Gasteiger partial charge in [-0.3, -0.25) is 9.69 Å². The average Bonchev–Trinajstić information content (AvgIpc) is 2.66. The average molecular weight is 368 g/mol. The van der Waals surface area contributed by atoms with Gasteiger partial charge in [-0.05, 0) is 17.5 Å². The molecule has 0 aliphatic carbocycles. The Labute approximate surface area is 159 Å². The normalized spacial score (nSPS) is 26.0. The Bertz CT molecular complexity index is 736. The van der Waals surface area contributed by atoms with Gasteiger partial charge in [0.15, 0.2) is 0 Å². The van der Waals surface area contributed by atoms with Crippen LogP contribution in [0, 0.1) is 0 Å². The molecule has 136 valence electrons. The summed E-state index contributed by atoms with van der Waals surface area (Å²) in [4.78, 5) is 14.9. The zero-order valence-electron chi connectivity index (χ0n) is 15.0. The van der Waals surface area contributed by atoms with Crippen LogP contribution in [0.2, 0.25) is 0 Å². The number of hydrogen-bond donors (Lipinski definition) is 0. The van der Waals surface area contributed by atoms with Crippen LogP contribution in [-0.4, -0.2) is 34.0 Å². The summed E-state index contributed by atoms with van der Waals surface area (Å²) in [5.41, 5.74) is 2.51. The van der Waals surface area contributed by atoms with Crippen molar-refractivity contribution in [1.29, 1.82) is 0 Å². The summed E-state index contributed by atoms with van der Waals surface area (Å²) in [6.07, 6.45) is 2.33. The summed E-state index contributed by atoms with van der Waals surface area (Å²) in [6, 6.07) is 20.8. The number of carbonyl (C=O) groups is 1. The molecule has 0 unspecified atom stereocenters. The SMILES string of the molecule is O=C1C[C@H]2S[C@](COCc3ccccc3)(CCN2Cc2ccccc2)C1. The van der Waals surface area contributed by atoms with Crippen molar-refractivity contribution in [3.05, 3.63) is 71.8 Å². The van der Waals surface area contributed by atoms with E-state index in [1.807, 2.05) is 36.0 Å². The van der Waals surface area contributed by atoms with Gasteiger partial charge in [0.2, 0.25) is 0 Å². The lowest BCUT2D eigenvalue weighted by Gasteiger charge is -2.49. The van der Waals surface area contributed by atoms with E-state index in [4.69, 9.17) is 4.74 Å². The Morgan fingerprint density at radius 3 is 2.46 bits per heavy atom. The minimum Gasteiger partial charge on any atom is -0.375 e. The summed E-state index contributed by atoms with van der Waals surface area (Å²) < 4.78 is 6.01. The Balaban J connectivity index is 1.38. The molecule has 2 aliphatic heterocycles. The van der Waals surface area contributed by atoms with Gasteiger partial charge in [-0.15, -0.1) is 11.8 Å². The topological polar surface area (TPSA) is 29.5 Å². The number of Topliss-reactive ketones (excluding diaryl/α,β-unsaturated/α-hetero) is 1. The molecular weight excluding hydrogens is 342 g/mol. The second-order valence-corrected chi connectivity index (χ2v) is 9.01. The van der Waals surface area contributed by atoms with Crippen molar-refractivity contribution in [3.8, 4) is 0 Å². The summed E-state index contributed by atoms with van der Waals surface area (Å²) in [5.74, 6) is 0.384. The van der Waals surface area contributed by atoms with E-state index in [9.17, 15) is 4.79 Å². The number of nitrogens with zero attached hydrogens (tertiary/aromatic N) is 1. The number of rotatable bonds is 6. The van der Waals surface area contributed by atoms with Gasteiger partial charge >= 0.3 is 0 Å². The predicted octanol–water partition coefficient (Wildman–Crippen LogP) is 4.27. The van der Waals surface area contributed by atoms with Gasteiger partial charge in [-0.2, -0.15) is 0 Å². The first-order valence-electron chi connectivity index (χ1n) is 9.32. The summed E-state index contributed by atoms with van der Waals surface area (Å²) >= 11 is 1.97. The molecule has 0 amide bonds. The smallest absolute Gasteiger partial charge is 0.136 e. The van der Waals surface area contributed by atoms with Gasteiger partial charge in [0, 0.05) is 30.7 Å². The highest BCUT2D eigenvalue weighted by Crippen LogP contribution is 2.47. The molecule has 2 saturated heterocycles. The first-order chi connectivity index (χ1) is 12.7. The minimum atomic E-state index is -0.0397. The number of carbonyl (C=O) groups excluding carboxylic acids is 1. The molecule has 26 heavy (non-hydrogen) atoms. The molecule has 0 N–H and O–H groups in total. The molecule has 0 aromatic heterocycles. The van der Waals surface area contributed by atoms with E-state index in [1.165, 1.54) is 11.1 Å². The van der Waals surface area contributed by atoms with E-state index >= 15 is 0 Å². The Morgan fingerprint density at radius 1 is 1.04 bits per heavy atom. The zero-order valence-corrected chi connectivity index (χ0v) is 15.8. The van der Waals surface area contributed by atoms with Crippen LogP contribution in [0.25, 0.3) is 0 Å². The van der Waals surface area contributed by atoms with Gasteiger partial charge in [0.05, 0.1) is 18.6 Å². The van der Waals surface area contributed by atoms with E-state index < -0.39 is 0 Å². The largest absolute Gasteiger partial charge is 0.375 e. The molecular formula is C22H25NO2S. The molecule has 2 bridgehead atoms. The van der Waals surface area contributed by atoms with Crippen molar-refractivity contribution in [2.75, 3.05) is 13.2 Å². The number of fused-ring (bicyclic) bond motifs is 2. The lowest BCUT2D eigenvalue weighted by atomic mass is 9.93.